The van der Waals surface area contributed by atoms with Crippen LogP contribution in [0.5, 0.6) is 5.75 Å². The van der Waals surface area contributed by atoms with Crippen LogP contribution < -0.4 is 5.32 Å². The molecule has 0 saturated carbocycles. The van der Waals surface area contributed by atoms with Crippen LogP contribution >= 0.6 is 0 Å². The number of phenolic OH excluding ortho intramolecular Hbond substituents is 1. The Balaban J connectivity index is 2.49. The van der Waals surface area contributed by atoms with Crippen molar-refractivity contribution in [1.29, 1.82) is 0 Å². The highest BCUT2D eigenvalue weighted by atomic mass is 16.3. The highest BCUT2D eigenvalue weighted by molar-refractivity contribution is 6.04. The zero-order chi connectivity index (χ0) is 19.7. The molecule has 0 bridgehead atoms. The minimum absolute atomic E-state index is 0.0781. The van der Waals surface area contributed by atoms with Crippen molar-refractivity contribution in [3.05, 3.63) is 58.7 Å². The zero-order valence-electron chi connectivity index (χ0n) is 16.5. The van der Waals surface area contributed by atoms with Crippen molar-refractivity contribution in [2.75, 3.05) is 5.32 Å². The molecule has 0 aliphatic rings. The van der Waals surface area contributed by atoms with Gasteiger partial charge in [0.15, 0.2) is 0 Å². The number of aliphatic hydroxyl groups is 1. The minimum Gasteiger partial charge on any atom is -0.507 e. The predicted octanol–water partition coefficient (Wildman–Crippen LogP) is 4.73. The van der Waals surface area contributed by atoms with Gasteiger partial charge >= 0.3 is 0 Å². The number of hydrogen-bond acceptors (Lipinski definition) is 3. The van der Waals surface area contributed by atoms with E-state index in [-0.39, 0.29) is 29.1 Å². The summed E-state index contributed by atoms with van der Waals surface area (Å²) in [5, 5.41) is 22.9. The second-order valence-electron chi connectivity index (χ2n) is 8.73. The maximum Gasteiger partial charge on any atom is 0.255 e. The molecular formula is C22H29NO3. The van der Waals surface area contributed by atoms with Gasteiger partial charge in [-0.15, -0.1) is 0 Å². The van der Waals surface area contributed by atoms with Crippen LogP contribution in [0.15, 0.2) is 36.4 Å². The lowest BCUT2D eigenvalue weighted by Crippen LogP contribution is -2.20. The van der Waals surface area contributed by atoms with Gasteiger partial charge in [0.2, 0.25) is 0 Å². The lowest BCUT2D eigenvalue weighted by atomic mass is 9.78. The summed E-state index contributed by atoms with van der Waals surface area (Å²) < 4.78 is 0. The maximum absolute atomic E-state index is 12.8. The second-order valence-corrected chi connectivity index (χ2v) is 8.73. The fraction of sp³-hybridized carbons (Fsp3) is 0.409. The number of aliphatic hydroxyl groups excluding tert-OH is 1. The molecule has 2 rings (SSSR count). The Hall–Kier alpha value is -2.33. The van der Waals surface area contributed by atoms with E-state index in [0.29, 0.717) is 11.3 Å². The van der Waals surface area contributed by atoms with Gasteiger partial charge in [0, 0.05) is 22.4 Å². The molecule has 4 heteroatoms. The number of carbonyl (C=O) groups excluding carboxylic acids is 1. The van der Waals surface area contributed by atoms with Crippen molar-refractivity contribution in [3.63, 3.8) is 0 Å². The van der Waals surface area contributed by atoms with Crippen molar-refractivity contribution in [3.8, 4) is 5.75 Å². The molecule has 1 amide bonds. The number of rotatable bonds is 3. The highest BCUT2D eigenvalue weighted by Crippen LogP contribution is 2.39. The summed E-state index contributed by atoms with van der Waals surface area (Å²) in [5.74, 6) is 0.0138. The molecular weight excluding hydrogens is 326 g/mol. The smallest absolute Gasteiger partial charge is 0.255 e. The lowest BCUT2D eigenvalue weighted by molar-refractivity contribution is 0.102. The number of nitrogens with one attached hydrogen (secondary N) is 1. The molecule has 2 aromatic rings. The van der Waals surface area contributed by atoms with Crippen molar-refractivity contribution in [2.45, 2.75) is 59.0 Å². The Morgan fingerprint density at radius 2 is 1.50 bits per heavy atom. The first-order chi connectivity index (χ1) is 11.9. The van der Waals surface area contributed by atoms with Crippen LogP contribution in [0, 0.1) is 0 Å². The van der Waals surface area contributed by atoms with E-state index in [0.717, 1.165) is 16.7 Å². The van der Waals surface area contributed by atoms with E-state index in [1.165, 1.54) is 0 Å². The fourth-order valence-corrected chi connectivity index (χ4v) is 2.86. The SMILES string of the molecule is CC(C)(C)c1cc(C(=O)Nc2cccc(CO)c2)cc(C(C)(C)C)c1O. The fourth-order valence-electron chi connectivity index (χ4n) is 2.86. The first-order valence-corrected chi connectivity index (χ1v) is 8.82. The Bertz CT molecular complexity index is 776. The molecule has 0 aromatic heterocycles. The van der Waals surface area contributed by atoms with Gasteiger partial charge in [-0.3, -0.25) is 4.79 Å². The van der Waals surface area contributed by atoms with Crippen molar-refractivity contribution >= 4 is 11.6 Å². The van der Waals surface area contributed by atoms with Gasteiger partial charge in [-0.25, -0.2) is 0 Å². The van der Waals surface area contributed by atoms with Crippen LogP contribution in [0.25, 0.3) is 0 Å². The predicted molar refractivity (Wildman–Crippen MR) is 106 cm³/mol. The summed E-state index contributed by atoms with van der Waals surface area (Å²) in [6, 6.07) is 10.6. The number of benzene rings is 2. The Labute approximate surface area is 155 Å². The normalized spacial score (nSPS) is 12.1. The van der Waals surface area contributed by atoms with Crippen LogP contribution in [0.3, 0.4) is 0 Å². The maximum atomic E-state index is 12.8. The molecule has 140 valence electrons. The van der Waals surface area contributed by atoms with Gasteiger partial charge in [0.05, 0.1) is 6.61 Å². The first-order valence-electron chi connectivity index (χ1n) is 8.82. The van der Waals surface area contributed by atoms with Crippen LogP contribution in [-0.2, 0) is 17.4 Å². The molecule has 0 atom stereocenters. The molecule has 0 fully saturated rings. The minimum atomic E-state index is -0.294. The largest absolute Gasteiger partial charge is 0.507 e. The molecule has 0 aliphatic heterocycles. The van der Waals surface area contributed by atoms with Crippen molar-refractivity contribution in [2.24, 2.45) is 0 Å². The number of hydrogen-bond donors (Lipinski definition) is 3. The van der Waals surface area contributed by atoms with Gasteiger partial charge in [-0.1, -0.05) is 53.7 Å². The number of phenols is 1. The van der Waals surface area contributed by atoms with Crippen LogP contribution in [0.4, 0.5) is 5.69 Å². The van der Waals surface area contributed by atoms with Crippen LogP contribution in [0.1, 0.15) is 68.6 Å². The molecule has 3 N–H and O–H groups in total. The summed E-state index contributed by atoms with van der Waals surface area (Å²) in [7, 11) is 0. The van der Waals surface area contributed by atoms with E-state index in [9.17, 15) is 15.0 Å². The van der Waals surface area contributed by atoms with Crippen molar-refractivity contribution < 1.29 is 15.0 Å². The van der Waals surface area contributed by atoms with Gasteiger partial charge in [0.1, 0.15) is 5.75 Å². The zero-order valence-corrected chi connectivity index (χ0v) is 16.5. The number of carbonyl (C=O) groups is 1. The number of aromatic hydroxyl groups is 1. The monoisotopic (exact) mass is 355 g/mol. The standard InChI is InChI=1S/C22H29NO3/c1-21(2,3)17-11-15(12-18(19(17)25)22(4,5)6)20(26)23-16-9-7-8-14(10-16)13-24/h7-12,24-25H,13H2,1-6H3,(H,23,26). The van der Waals surface area contributed by atoms with Gasteiger partial charge in [0.25, 0.3) is 5.91 Å². The third kappa shape index (κ3) is 4.44. The van der Waals surface area contributed by atoms with Gasteiger partial charge < -0.3 is 15.5 Å². The summed E-state index contributed by atoms with van der Waals surface area (Å²) in [5.41, 5.74) is 2.78. The quantitative estimate of drug-likeness (QED) is 0.745. The van der Waals surface area contributed by atoms with Gasteiger partial charge in [-0.05, 0) is 40.7 Å². The van der Waals surface area contributed by atoms with E-state index in [1.54, 1.807) is 36.4 Å². The highest BCUT2D eigenvalue weighted by Gasteiger charge is 2.27. The molecule has 4 nitrogen and oxygen atoms in total. The lowest BCUT2D eigenvalue weighted by Gasteiger charge is -2.28. The molecule has 0 spiro atoms. The van der Waals surface area contributed by atoms with Crippen molar-refractivity contribution in [1.82, 2.24) is 0 Å². The summed E-state index contributed by atoms with van der Waals surface area (Å²) in [4.78, 5) is 12.8. The van der Waals surface area contributed by atoms with Gasteiger partial charge in [-0.2, -0.15) is 0 Å². The molecule has 0 aliphatic carbocycles. The Morgan fingerprint density at radius 3 is 1.96 bits per heavy atom. The molecule has 2 aromatic carbocycles. The molecule has 26 heavy (non-hydrogen) atoms. The summed E-state index contributed by atoms with van der Waals surface area (Å²) in [6.07, 6.45) is 0. The van der Waals surface area contributed by atoms with E-state index >= 15 is 0 Å². The summed E-state index contributed by atoms with van der Waals surface area (Å²) >= 11 is 0. The number of anilines is 1. The van der Waals surface area contributed by atoms with E-state index in [2.05, 4.69) is 5.32 Å². The second kappa shape index (κ2) is 7.12. The molecule has 0 saturated heterocycles. The third-order valence-electron chi connectivity index (χ3n) is 4.36. The molecule has 0 radical (unpaired) electrons. The first kappa shape index (κ1) is 20.0. The molecule has 0 heterocycles. The summed E-state index contributed by atoms with van der Waals surface area (Å²) in [6.45, 7) is 12.0. The van der Waals surface area contributed by atoms with E-state index in [4.69, 9.17) is 0 Å². The van der Waals surface area contributed by atoms with E-state index in [1.807, 2.05) is 41.5 Å². The van der Waals surface area contributed by atoms with Crippen LogP contribution in [-0.4, -0.2) is 16.1 Å². The topological polar surface area (TPSA) is 69.6 Å². The van der Waals surface area contributed by atoms with E-state index < -0.39 is 0 Å². The average molecular weight is 355 g/mol. The Morgan fingerprint density at radius 1 is 0.962 bits per heavy atom. The molecule has 0 unspecified atom stereocenters. The average Bonchev–Trinajstić information content (AvgIpc) is 2.52. The number of amides is 1. The van der Waals surface area contributed by atoms with Crippen LogP contribution in [0.2, 0.25) is 0 Å². The third-order valence-corrected chi connectivity index (χ3v) is 4.36. The Kier molecular flexibility index (Phi) is 5.47.